The van der Waals surface area contributed by atoms with Crippen molar-refractivity contribution in [3.63, 3.8) is 0 Å². The van der Waals surface area contributed by atoms with E-state index >= 15 is 0 Å². The fourth-order valence-corrected chi connectivity index (χ4v) is 3.45. The fourth-order valence-electron chi connectivity index (χ4n) is 3.45. The highest BCUT2D eigenvalue weighted by Gasteiger charge is 2.17. The molecule has 190 valence electrons. The van der Waals surface area contributed by atoms with Gasteiger partial charge in [-0.15, -0.1) is 0 Å². The SMILES string of the molecule is CC(C)(C)c1cn(-c2ccc(NC(=O)Cc3ccccc3)nc2)cn1.CNCCc1ccc(C#N)cc1. The molecule has 4 rings (SSSR count). The van der Waals surface area contributed by atoms with E-state index in [1.165, 1.54) is 5.56 Å². The number of nitriles is 1. The molecule has 4 aromatic rings. The summed E-state index contributed by atoms with van der Waals surface area (Å²) >= 11 is 0. The van der Waals surface area contributed by atoms with Crippen LogP contribution in [0.5, 0.6) is 0 Å². The van der Waals surface area contributed by atoms with Gasteiger partial charge in [0.1, 0.15) is 5.82 Å². The number of rotatable bonds is 7. The van der Waals surface area contributed by atoms with Crippen molar-refractivity contribution >= 4 is 11.7 Å². The summed E-state index contributed by atoms with van der Waals surface area (Å²) in [7, 11) is 1.93. The minimum atomic E-state index is -0.0795. The van der Waals surface area contributed by atoms with Crippen molar-refractivity contribution in [2.45, 2.75) is 39.0 Å². The normalized spacial score (nSPS) is 10.7. The van der Waals surface area contributed by atoms with Gasteiger partial charge in [-0.05, 0) is 55.4 Å². The van der Waals surface area contributed by atoms with E-state index in [9.17, 15) is 4.79 Å². The zero-order valence-electron chi connectivity index (χ0n) is 21.9. The Morgan fingerprint density at radius 2 is 1.70 bits per heavy atom. The molecule has 37 heavy (non-hydrogen) atoms. The number of hydrogen-bond donors (Lipinski definition) is 2. The first-order valence-electron chi connectivity index (χ1n) is 12.3. The molecule has 1 amide bonds. The number of benzene rings is 2. The lowest BCUT2D eigenvalue weighted by atomic mass is 9.93. The van der Waals surface area contributed by atoms with Gasteiger partial charge in [0.05, 0.1) is 42.0 Å². The smallest absolute Gasteiger partial charge is 0.229 e. The lowest BCUT2D eigenvalue weighted by Crippen LogP contribution is -2.15. The number of carbonyl (C=O) groups is 1. The molecule has 0 unspecified atom stereocenters. The summed E-state index contributed by atoms with van der Waals surface area (Å²) in [5.74, 6) is 0.463. The van der Waals surface area contributed by atoms with Crippen LogP contribution in [0.15, 0.2) is 85.5 Å². The Kier molecular flexibility index (Phi) is 9.70. The van der Waals surface area contributed by atoms with E-state index in [1.807, 2.05) is 78.5 Å². The summed E-state index contributed by atoms with van der Waals surface area (Å²) in [5.41, 5.74) is 4.90. The number of aromatic nitrogens is 3. The molecule has 7 heteroatoms. The zero-order chi connectivity index (χ0) is 26.7. The van der Waals surface area contributed by atoms with E-state index in [0.717, 1.165) is 35.5 Å². The van der Waals surface area contributed by atoms with Crippen LogP contribution < -0.4 is 10.6 Å². The lowest BCUT2D eigenvalue weighted by Gasteiger charge is -2.14. The number of anilines is 1. The maximum Gasteiger partial charge on any atom is 0.229 e. The molecule has 0 spiro atoms. The number of nitrogens with zero attached hydrogens (tertiary/aromatic N) is 4. The average Bonchev–Trinajstić information content (AvgIpc) is 3.40. The molecule has 0 saturated heterocycles. The Morgan fingerprint density at radius 1 is 0.973 bits per heavy atom. The third kappa shape index (κ3) is 8.71. The third-order valence-electron chi connectivity index (χ3n) is 5.62. The van der Waals surface area contributed by atoms with Crippen LogP contribution in [0.2, 0.25) is 0 Å². The second-order valence-electron chi connectivity index (χ2n) is 9.69. The second kappa shape index (κ2) is 13.1. The lowest BCUT2D eigenvalue weighted by molar-refractivity contribution is -0.115. The maximum atomic E-state index is 12.1. The van der Waals surface area contributed by atoms with Gasteiger partial charge in [0.15, 0.2) is 0 Å². The van der Waals surface area contributed by atoms with Gasteiger partial charge in [0, 0.05) is 11.6 Å². The number of likely N-dealkylation sites (N-methyl/N-ethyl adjacent to an activating group) is 1. The summed E-state index contributed by atoms with van der Waals surface area (Å²) < 4.78 is 1.93. The molecule has 0 fully saturated rings. The van der Waals surface area contributed by atoms with E-state index in [0.29, 0.717) is 12.2 Å². The Labute approximate surface area is 219 Å². The van der Waals surface area contributed by atoms with Crippen LogP contribution in [0.3, 0.4) is 0 Å². The molecule has 0 saturated carbocycles. The second-order valence-corrected chi connectivity index (χ2v) is 9.69. The molecule has 2 N–H and O–H groups in total. The van der Waals surface area contributed by atoms with Crippen molar-refractivity contribution < 1.29 is 4.79 Å². The van der Waals surface area contributed by atoms with Crippen molar-refractivity contribution in [2.75, 3.05) is 18.9 Å². The molecule has 0 atom stereocenters. The standard InChI is InChI=1S/C20H22N4O.C10H12N2/c1-20(2,3)17-13-24(14-22-17)16-9-10-18(21-12-16)23-19(25)11-15-7-5-4-6-8-15;1-12-7-6-9-2-4-10(8-11)5-3-9/h4-10,12-14H,11H2,1-3H3,(H,21,23,25);2-5,12H,6-7H2,1H3. The van der Waals surface area contributed by atoms with Gasteiger partial charge >= 0.3 is 0 Å². The molecule has 0 bridgehead atoms. The van der Waals surface area contributed by atoms with Crippen LogP contribution in [0, 0.1) is 11.3 Å². The molecule has 0 radical (unpaired) electrons. The number of imidazole rings is 1. The molecule has 2 aromatic heterocycles. The number of nitrogens with one attached hydrogen (secondary N) is 2. The Bertz CT molecular complexity index is 1300. The van der Waals surface area contributed by atoms with Gasteiger partial charge in [-0.3, -0.25) is 4.79 Å². The molecule has 0 aliphatic rings. The molecule has 2 aromatic carbocycles. The van der Waals surface area contributed by atoms with Crippen molar-refractivity contribution in [1.82, 2.24) is 19.9 Å². The quantitative estimate of drug-likeness (QED) is 0.374. The van der Waals surface area contributed by atoms with Gasteiger partial charge in [0.25, 0.3) is 0 Å². The molecule has 2 heterocycles. The minimum Gasteiger partial charge on any atom is -0.319 e. The Balaban J connectivity index is 0.000000266. The van der Waals surface area contributed by atoms with Crippen LogP contribution in [-0.2, 0) is 23.1 Å². The molecular weight excluding hydrogens is 460 g/mol. The highest BCUT2D eigenvalue weighted by Crippen LogP contribution is 2.21. The molecular formula is C30H34N6O. The maximum absolute atomic E-state index is 12.1. The van der Waals surface area contributed by atoms with E-state index in [1.54, 1.807) is 18.6 Å². The first-order chi connectivity index (χ1) is 17.8. The summed E-state index contributed by atoms with van der Waals surface area (Å²) in [6, 6.07) is 23.2. The van der Waals surface area contributed by atoms with Gasteiger partial charge in [-0.1, -0.05) is 63.2 Å². The predicted octanol–water partition coefficient (Wildman–Crippen LogP) is 5.07. The highest BCUT2D eigenvalue weighted by molar-refractivity contribution is 5.91. The summed E-state index contributed by atoms with van der Waals surface area (Å²) in [5, 5.41) is 14.4. The van der Waals surface area contributed by atoms with E-state index in [2.05, 4.69) is 47.4 Å². The van der Waals surface area contributed by atoms with E-state index in [4.69, 9.17) is 5.26 Å². The first kappa shape index (κ1) is 27.3. The molecule has 7 nitrogen and oxygen atoms in total. The average molecular weight is 495 g/mol. The van der Waals surface area contributed by atoms with Crippen LogP contribution >= 0.6 is 0 Å². The number of pyridine rings is 1. The van der Waals surface area contributed by atoms with Crippen molar-refractivity contribution in [3.05, 3.63) is 108 Å². The van der Waals surface area contributed by atoms with Crippen molar-refractivity contribution in [2.24, 2.45) is 0 Å². The summed E-state index contributed by atoms with van der Waals surface area (Å²) in [4.78, 5) is 20.9. The van der Waals surface area contributed by atoms with Crippen LogP contribution in [0.25, 0.3) is 5.69 Å². The molecule has 0 aliphatic heterocycles. The van der Waals surface area contributed by atoms with Gasteiger partial charge in [0.2, 0.25) is 5.91 Å². The van der Waals surface area contributed by atoms with Crippen LogP contribution in [0.1, 0.15) is 43.2 Å². The van der Waals surface area contributed by atoms with Gasteiger partial charge in [-0.25, -0.2) is 9.97 Å². The van der Waals surface area contributed by atoms with Crippen molar-refractivity contribution in [1.29, 1.82) is 5.26 Å². The summed E-state index contributed by atoms with van der Waals surface area (Å²) in [6.07, 6.45) is 6.87. The Hall–Kier alpha value is -4.28. The zero-order valence-corrected chi connectivity index (χ0v) is 21.9. The largest absolute Gasteiger partial charge is 0.319 e. The third-order valence-corrected chi connectivity index (χ3v) is 5.62. The number of carbonyl (C=O) groups excluding carboxylic acids is 1. The van der Waals surface area contributed by atoms with E-state index in [-0.39, 0.29) is 11.3 Å². The fraction of sp³-hybridized carbons (Fsp3) is 0.267. The first-order valence-corrected chi connectivity index (χ1v) is 12.3. The van der Waals surface area contributed by atoms with E-state index < -0.39 is 0 Å². The monoisotopic (exact) mass is 494 g/mol. The summed E-state index contributed by atoms with van der Waals surface area (Å²) in [6.45, 7) is 7.36. The number of hydrogen-bond acceptors (Lipinski definition) is 5. The van der Waals surface area contributed by atoms with Crippen LogP contribution in [0.4, 0.5) is 5.82 Å². The van der Waals surface area contributed by atoms with Crippen LogP contribution in [-0.4, -0.2) is 34.0 Å². The predicted molar refractivity (Wildman–Crippen MR) is 148 cm³/mol. The minimum absolute atomic E-state index is 0.00400. The van der Waals surface area contributed by atoms with Gasteiger partial charge < -0.3 is 15.2 Å². The van der Waals surface area contributed by atoms with Crippen molar-refractivity contribution in [3.8, 4) is 11.8 Å². The van der Waals surface area contributed by atoms with Gasteiger partial charge in [-0.2, -0.15) is 5.26 Å². The molecule has 0 aliphatic carbocycles. The number of amides is 1. The highest BCUT2D eigenvalue weighted by atomic mass is 16.1. The topological polar surface area (TPSA) is 95.6 Å². The Morgan fingerprint density at radius 3 is 2.27 bits per heavy atom.